The van der Waals surface area contributed by atoms with Crippen LogP contribution in [0.4, 0.5) is 10.2 Å². The summed E-state index contributed by atoms with van der Waals surface area (Å²) in [7, 11) is 4.01. The number of likely N-dealkylation sites (N-methyl/N-ethyl adjacent to an activating group) is 1. The Morgan fingerprint density at radius 3 is 2.75 bits per heavy atom. The van der Waals surface area contributed by atoms with Gasteiger partial charge in [-0.2, -0.15) is 0 Å². The standard InChI is InChI=1S/C14H17ClFN3S/c1-18(2)7-8-19(10-11-4-3-9-20-11)14-13(15)12(16)5-6-17-14/h3-6,9H,7-8,10H2,1-2H3. The number of aromatic nitrogens is 1. The van der Waals surface area contributed by atoms with E-state index < -0.39 is 5.82 Å². The van der Waals surface area contributed by atoms with Crippen molar-refractivity contribution in [3.8, 4) is 0 Å². The molecule has 0 aliphatic rings. The highest BCUT2D eigenvalue weighted by Crippen LogP contribution is 2.27. The van der Waals surface area contributed by atoms with Crippen LogP contribution in [0.25, 0.3) is 0 Å². The Bertz CT molecular complexity index is 545. The molecule has 2 heterocycles. The summed E-state index contributed by atoms with van der Waals surface area (Å²) in [5.41, 5.74) is 0. The third-order valence-corrected chi connectivity index (χ3v) is 4.08. The van der Waals surface area contributed by atoms with E-state index in [2.05, 4.69) is 16.0 Å². The predicted octanol–water partition coefficient (Wildman–Crippen LogP) is 3.50. The monoisotopic (exact) mass is 313 g/mol. The van der Waals surface area contributed by atoms with Crippen molar-refractivity contribution in [3.63, 3.8) is 0 Å². The van der Waals surface area contributed by atoms with Gasteiger partial charge in [-0.25, -0.2) is 9.37 Å². The molecule has 6 heteroatoms. The molecule has 0 aromatic carbocycles. The molecule has 0 aliphatic heterocycles. The van der Waals surface area contributed by atoms with E-state index in [1.165, 1.54) is 17.1 Å². The molecule has 20 heavy (non-hydrogen) atoms. The molecule has 0 unspecified atom stereocenters. The largest absolute Gasteiger partial charge is 0.349 e. The van der Waals surface area contributed by atoms with Crippen molar-refractivity contribution in [2.24, 2.45) is 0 Å². The second kappa shape index (κ2) is 7.02. The summed E-state index contributed by atoms with van der Waals surface area (Å²) in [6.07, 6.45) is 1.45. The fourth-order valence-corrected chi connectivity index (χ4v) is 2.75. The zero-order valence-corrected chi connectivity index (χ0v) is 13.1. The van der Waals surface area contributed by atoms with Gasteiger partial charge in [0, 0.05) is 24.2 Å². The number of hydrogen-bond acceptors (Lipinski definition) is 4. The molecule has 2 aromatic heterocycles. The highest BCUT2D eigenvalue weighted by Gasteiger charge is 2.16. The average molecular weight is 314 g/mol. The van der Waals surface area contributed by atoms with E-state index in [0.717, 1.165) is 13.1 Å². The van der Waals surface area contributed by atoms with Crippen molar-refractivity contribution in [2.45, 2.75) is 6.54 Å². The molecule has 0 saturated carbocycles. The lowest BCUT2D eigenvalue weighted by molar-refractivity contribution is 0.412. The highest BCUT2D eigenvalue weighted by atomic mass is 35.5. The fourth-order valence-electron chi connectivity index (χ4n) is 1.80. The smallest absolute Gasteiger partial charge is 0.150 e. The van der Waals surface area contributed by atoms with Crippen LogP contribution >= 0.6 is 22.9 Å². The molecule has 108 valence electrons. The molecule has 0 bridgehead atoms. The summed E-state index contributed by atoms with van der Waals surface area (Å²) in [5, 5.41) is 2.11. The number of hydrogen-bond donors (Lipinski definition) is 0. The van der Waals surface area contributed by atoms with Crippen LogP contribution in [0, 0.1) is 5.82 Å². The van der Waals surface area contributed by atoms with Gasteiger partial charge < -0.3 is 9.80 Å². The molecule has 0 spiro atoms. The van der Waals surface area contributed by atoms with Crippen LogP contribution in [0.5, 0.6) is 0 Å². The summed E-state index contributed by atoms with van der Waals surface area (Å²) in [6.45, 7) is 2.27. The number of rotatable bonds is 6. The minimum absolute atomic E-state index is 0.0859. The molecule has 0 aliphatic carbocycles. The van der Waals surface area contributed by atoms with Crippen molar-refractivity contribution in [2.75, 3.05) is 32.1 Å². The Morgan fingerprint density at radius 2 is 2.10 bits per heavy atom. The maximum absolute atomic E-state index is 13.6. The van der Waals surface area contributed by atoms with Crippen LogP contribution in [-0.2, 0) is 6.54 Å². The third-order valence-electron chi connectivity index (χ3n) is 2.87. The average Bonchev–Trinajstić information content (AvgIpc) is 2.91. The Kier molecular flexibility index (Phi) is 5.34. The van der Waals surface area contributed by atoms with E-state index in [-0.39, 0.29) is 5.02 Å². The second-order valence-electron chi connectivity index (χ2n) is 4.73. The number of anilines is 1. The zero-order chi connectivity index (χ0) is 14.5. The third kappa shape index (κ3) is 3.91. The first-order chi connectivity index (χ1) is 9.58. The van der Waals surface area contributed by atoms with Gasteiger partial charge in [-0.05, 0) is 31.6 Å². The molecular formula is C14H17ClFN3S. The van der Waals surface area contributed by atoms with Gasteiger partial charge in [-0.3, -0.25) is 0 Å². The van der Waals surface area contributed by atoms with Crippen LogP contribution in [0.15, 0.2) is 29.8 Å². The molecule has 3 nitrogen and oxygen atoms in total. The highest BCUT2D eigenvalue weighted by molar-refractivity contribution is 7.09. The molecule has 0 N–H and O–H groups in total. The first-order valence-electron chi connectivity index (χ1n) is 6.30. The topological polar surface area (TPSA) is 19.4 Å². The van der Waals surface area contributed by atoms with E-state index >= 15 is 0 Å². The van der Waals surface area contributed by atoms with Crippen molar-refractivity contribution in [3.05, 3.63) is 45.5 Å². The lowest BCUT2D eigenvalue weighted by Crippen LogP contribution is -2.32. The minimum atomic E-state index is -0.433. The maximum Gasteiger partial charge on any atom is 0.150 e. The van der Waals surface area contributed by atoms with Crippen LogP contribution in [0.2, 0.25) is 5.02 Å². The lowest BCUT2D eigenvalue weighted by atomic mass is 10.3. The number of halogens is 2. The van der Waals surface area contributed by atoms with Crippen molar-refractivity contribution < 1.29 is 4.39 Å². The summed E-state index contributed by atoms with van der Waals surface area (Å²) in [6, 6.07) is 5.34. The predicted molar refractivity (Wildman–Crippen MR) is 83.1 cm³/mol. The second-order valence-corrected chi connectivity index (χ2v) is 6.14. The summed E-state index contributed by atoms with van der Waals surface area (Å²) in [4.78, 5) is 9.53. The van der Waals surface area contributed by atoms with E-state index in [0.29, 0.717) is 12.4 Å². The quantitative estimate of drug-likeness (QED) is 0.813. The molecule has 2 rings (SSSR count). The number of nitrogens with zero attached hydrogens (tertiary/aromatic N) is 3. The van der Waals surface area contributed by atoms with Crippen molar-refractivity contribution in [1.29, 1.82) is 0 Å². The van der Waals surface area contributed by atoms with E-state index in [1.54, 1.807) is 11.3 Å². The van der Waals surface area contributed by atoms with Gasteiger partial charge in [0.05, 0.1) is 6.54 Å². The molecule has 2 aromatic rings. The number of pyridine rings is 1. The van der Waals surface area contributed by atoms with Crippen LogP contribution in [0.1, 0.15) is 4.88 Å². The van der Waals surface area contributed by atoms with Gasteiger partial charge >= 0.3 is 0 Å². The minimum Gasteiger partial charge on any atom is -0.349 e. The Hall–Kier alpha value is -1.17. The van der Waals surface area contributed by atoms with Crippen LogP contribution in [-0.4, -0.2) is 37.1 Å². The maximum atomic E-state index is 13.6. The Morgan fingerprint density at radius 1 is 1.30 bits per heavy atom. The Balaban J connectivity index is 2.22. The van der Waals surface area contributed by atoms with Gasteiger partial charge in [0.1, 0.15) is 10.8 Å². The van der Waals surface area contributed by atoms with Crippen LogP contribution in [0.3, 0.4) is 0 Å². The van der Waals surface area contributed by atoms with E-state index in [4.69, 9.17) is 11.6 Å². The molecule has 0 amide bonds. The van der Waals surface area contributed by atoms with Gasteiger partial charge in [-0.15, -0.1) is 11.3 Å². The van der Waals surface area contributed by atoms with E-state index in [1.807, 2.05) is 30.4 Å². The molecular weight excluding hydrogens is 297 g/mol. The van der Waals surface area contributed by atoms with Gasteiger partial charge in [-0.1, -0.05) is 17.7 Å². The van der Waals surface area contributed by atoms with Gasteiger partial charge in [0.2, 0.25) is 0 Å². The van der Waals surface area contributed by atoms with Crippen molar-refractivity contribution in [1.82, 2.24) is 9.88 Å². The SMILES string of the molecule is CN(C)CCN(Cc1cccs1)c1nccc(F)c1Cl. The zero-order valence-electron chi connectivity index (χ0n) is 11.5. The Labute approximate surface area is 127 Å². The summed E-state index contributed by atoms with van der Waals surface area (Å²) >= 11 is 7.72. The lowest BCUT2D eigenvalue weighted by Gasteiger charge is -2.25. The molecule has 0 fully saturated rings. The molecule has 0 atom stereocenters. The first-order valence-corrected chi connectivity index (χ1v) is 7.55. The van der Waals surface area contributed by atoms with Crippen LogP contribution < -0.4 is 4.90 Å². The first kappa shape index (κ1) is 15.2. The molecule has 0 saturated heterocycles. The van der Waals surface area contributed by atoms with Gasteiger partial charge in [0.15, 0.2) is 5.82 Å². The summed E-state index contributed by atoms with van der Waals surface area (Å²) < 4.78 is 13.6. The normalized spacial score (nSPS) is 11.1. The van der Waals surface area contributed by atoms with E-state index in [9.17, 15) is 4.39 Å². The van der Waals surface area contributed by atoms with Crippen molar-refractivity contribution >= 4 is 28.8 Å². The van der Waals surface area contributed by atoms with Gasteiger partial charge in [0.25, 0.3) is 0 Å². The fraction of sp³-hybridized carbons (Fsp3) is 0.357. The number of thiophene rings is 1. The molecule has 0 radical (unpaired) electrons. The summed E-state index contributed by atoms with van der Waals surface area (Å²) in [5.74, 6) is 0.0691.